The van der Waals surface area contributed by atoms with Crippen LogP contribution in [0.3, 0.4) is 0 Å². The number of imidazole rings is 1. The Morgan fingerprint density at radius 1 is 1.12 bits per heavy atom. The van der Waals surface area contributed by atoms with Crippen molar-refractivity contribution in [1.29, 1.82) is 0 Å². The fourth-order valence-corrected chi connectivity index (χ4v) is 3.70. The van der Waals surface area contributed by atoms with Crippen LogP contribution >= 0.6 is 0 Å². The van der Waals surface area contributed by atoms with Gasteiger partial charge in [-0.25, -0.2) is 19.3 Å². The SMILES string of the molecule is Cc1cc(C)nc(CN2CCCCC2c2nc3ccc(F)cc3[nH]2)n1. The number of nitrogens with one attached hydrogen (secondary N) is 1. The summed E-state index contributed by atoms with van der Waals surface area (Å²) in [5, 5.41) is 0. The highest BCUT2D eigenvalue weighted by Gasteiger charge is 2.27. The summed E-state index contributed by atoms with van der Waals surface area (Å²) in [5.74, 6) is 1.52. The largest absolute Gasteiger partial charge is 0.341 e. The maximum absolute atomic E-state index is 13.5. The fraction of sp³-hybridized carbons (Fsp3) is 0.421. The molecule has 5 nitrogen and oxygen atoms in total. The van der Waals surface area contributed by atoms with E-state index in [2.05, 4.69) is 19.9 Å². The maximum atomic E-state index is 13.5. The lowest BCUT2D eigenvalue weighted by molar-refractivity contribution is 0.131. The van der Waals surface area contributed by atoms with E-state index in [1.165, 1.54) is 18.6 Å². The van der Waals surface area contributed by atoms with Crippen LogP contribution in [-0.4, -0.2) is 31.4 Å². The number of likely N-dealkylation sites (tertiary alicyclic amines) is 1. The highest BCUT2D eigenvalue weighted by molar-refractivity contribution is 5.75. The van der Waals surface area contributed by atoms with E-state index in [1.807, 2.05) is 19.9 Å². The van der Waals surface area contributed by atoms with Gasteiger partial charge in [0.05, 0.1) is 23.6 Å². The molecule has 1 unspecified atom stereocenters. The third-order valence-electron chi connectivity index (χ3n) is 4.76. The van der Waals surface area contributed by atoms with Crippen LogP contribution in [0.4, 0.5) is 4.39 Å². The van der Waals surface area contributed by atoms with E-state index in [0.717, 1.165) is 53.5 Å². The molecule has 1 aliphatic rings. The van der Waals surface area contributed by atoms with Crippen molar-refractivity contribution in [2.45, 2.75) is 45.7 Å². The van der Waals surface area contributed by atoms with Gasteiger partial charge in [-0.15, -0.1) is 0 Å². The fourth-order valence-electron chi connectivity index (χ4n) is 3.70. The van der Waals surface area contributed by atoms with Gasteiger partial charge in [-0.3, -0.25) is 4.90 Å². The molecule has 3 heterocycles. The first kappa shape index (κ1) is 16.1. The normalized spacial score (nSPS) is 18.8. The van der Waals surface area contributed by atoms with E-state index in [-0.39, 0.29) is 11.9 Å². The van der Waals surface area contributed by atoms with Gasteiger partial charge in [-0.1, -0.05) is 6.42 Å². The Balaban J connectivity index is 1.63. The molecule has 0 bridgehead atoms. The minimum absolute atomic E-state index is 0.189. The van der Waals surface area contributed by atoms with Crippen LogP contribution in [-0.2, 0) is 6.54 Å². The van der Waals surface area contributed by atoms with E-state index >= 15 is 0 Å². The molecular weight excluding hydrogens is 317 g/mol. The third kappa shape index (κ3) is 3.39. The van der Waals surface area contributed by atoms with E-state index < -0.39 is 0 Å². The summed E-state index contributed by atoms with van der Waals surface area (Å²) >= 11 is 0. The molecule has 1 saturated heterocycles. The highest BCUT2D eigenvalue weighted by Crippen LogP contribution is 2.31. The number of piperidine rings is 1. The second-order valence-corrected chi connectivity index (χ2v) is 6.83. The topological polar surface area (TPSA) is 57.7 Å². The Bertz CT molecular complexity index is 884. The number of H-pyrrole nitrogens is 1. The highest BCUT2D eigenvalue weighted by atomic mass is 19.1. The van der Waals surface area contributed by atoms with Crippen LogP contribution in [0.2, 0.25) is 0 Å². The summed E-state index contributed by atoms with van der Waals surface area (Å²) in [6, 6.07) is 6.87. The Morgan fingerprint density at radius 3 is 2.72 bits per heavy atom. The van der Waals surface area contributed by atoms with Crippen LogP contribution < -0.4 is 0 Å². The predicted molar refractivity (Wildman–Crippen MR) is 94.6 cm³/mol. The number of aromatic nitrogens is 4. The molecule has 1 atom stereocenters. The summed E-state index contributed by atoms with van der Waals surface area (Å²) in [4.78, 5) is 19.5. The zero-order valence-corrected chi connectivity index (χ0v) is 14.6. The van der Waals surface area contributed by atoms with Crippen LogP contribution in [0.25, 0.3) is 11.0 Å². The van der Waals surface area contributed by atoms with Gasteiger partial charge in [0.25, 0.3) is 0 Å². The minimum atomic E-state index is -0.244. The van der Waals surface area contributed by atoms with Gasteiger partial charge in [0.2, 0.25) is 0 Å². The number of benzene rings is 1. The molecule has 6 heteroatoms. The van der Waals surface area contributed by atoms with E-state index in [1.54, 1.807) is 6.07 Å². The predicted octanol–water partition coefficient (Wildman–Crippen LogP) is 3.84. The van der Waals surface area contributed by atoms with Crippen LogP contribution in [0.1, 0.15) is 48.3 Å². The lowest BCUT2D eigenvalue weighted by Crippen LogP contribution is -2.34. The third-order valence-corrected chi connectivity index (χ3v) is 4.76. The molecule has 0 spiro atoms. The number of aryl methyl sites for hydroxylation is 2. The Morgan fingerprint density at radius 2 is 1.92 bits per heavy atom. The summed E-state index contributed by atoms with van der Waals surface area (Å²) in [6.07, 6.45) is 3.36. The monoisotopic (exact) mass is 339 g/mol. The van der Waals surface area contributed by atoms with Crippen molar-refractivity contribution < 1.29 is 4.39 Å². The average molecular weight is 339 g/mol. The second kappa shape index (κ2) is 6.52. The molecule has 1 aliphatic heterocycles. The van der Waals surface area contributed by atoms with Crippen molar-refractivity contribution in [3.05, 3.63) is 53.1 Å². The Kier molecular flexibility index (Phi) is 4.21. The van der Waals surface area contributed by atoms with Gasteiger partial charge in [0.15, 0.2) is 0 Å². The molecule has 25 heavy (non-hydrogen) atoms. The van der Waals surface area contributed by atoms with Crippen molar-refractivity contribution >= 4 is 11.0 Å². The smallest absolute Gasteiger partial charge is 0.142 e. The minimum Gasteiger partial charge on any atom is -0.341 e. The zero-order valence-electron chi connectivity index (χ0n) is 14.6. The van der Waals surface area contributed by atoms with Crippen molar-refractivity contribution in [2.75, 3.05) is 6.54 Å². The van der Waals surface area contributed by atoms with Gasteiger partial charge in [-0.05, 0) is 57.5 Å². The molecule has 0 radical (unpaired) electrons. The van der Waals surface area contributed by atoms with Gasteiger partial charge < -0.3 is 4.98 Å². The summed E-state index contributed by atoms with van der Waals surface area (Å²) < 4.78 is 13.5. The number of fused-ring (bicyclic) bond motifs is 1. The molecule has 130 valence electrons. The molecule has 3 aromatic rings. The Hall–Kier alpha value is -2.34. The summed E-state index contributed by atoms with van der Waals surface area (Å²) in [7, 11) is 0. The first-order valence-electron chi connectivity index (χ1n) is 8.79. The van der Waals surface area contributed by atoms with E-state index in [4.69, 9.17) is 4.98 Å². The van der Waals surface area contributed by atoms with E-state index in [0.29, 0.717) is 6.54 Å². The molecule has 1 N–H and O–H groups in total. The number of hydrogen-bond donors (Lipinski definition) is 1. The number of aromatic amines is 1. The standard InChI is InChI=1S/C19H22FN5/c1-12-9-13(2)22-18(21-12)11-25-8-4-3-5-17(25)19-23-15-7-6-14(20)10-16(15)24-19/h6-7,9-10,17H,3-5,8,11H2,1-2H3,(H,23,24). The molecule has 0 saturated carbocycles. The summed E-state index contributed by atoms with van der Waals surface area (Å²) in [5.41, 5.74) is 3.55. The maximum Gasteiger partial charge on any atom is 0.142 e. The van der Waals surface area contributed by atoms with Crippen molar-refractivity contribution in [3.63, 3.8) is 0 Å². The summed E-state index contributed by atoms with van der Waals surface area (Å²) in [6.45, 7) is 5.70. The Labute approximate surface area is 146 Å². The lowest BCUT2D eigenvalue weighted by Gasteiger charge is -2.33. The van der Waals surface area contributed by atoms with Gasteiger partial charge in [0, 0.05) is 11.4 Å². The van der Waals surface area contributed by atoms with Gasteiger partial charge >= 0.3 is 0 Å². The van der Waals surface area contributed by atoms with E-state index in [9.17, 15) is 4.39 Å². The van der Waals surface area contributed by atoms with Crippen LogP contribution in [0.5, 0.6) is 0 Å². The van der Waals surface area contributed by atoms with Crippen LogP contribution in [0, 0.1) is 19.7 Å². The number of nitrogens with zero attached hydrogens (tertiary/aromatic N) is 4. The van der Waals surface area contributed by atoms with Crippen LogP contribution in [0.15, 0.2) is 24.3 Å². The molecule has 0 aliphatic carbocycles. The van der Waals surface area contributed by atoms with Gasteiger partial charge in [-0.2, -0.15) is 0 Å². The number of hydrogen-bond acceptors (Lipinski definition) is 4. The van der Waals surface area contributed by atoms with Gasteiger partial charge in [0.1, 0.15) is 17.5 Å². The average Bonchev–Trinajstić information content (AvgIpc) is 2.97. The van der Waals surface area contributed by atoms with Crippen molar-refractivity contribution in [2.24, 2.45) is 0 Å². The second-order valence-electron chi connectivity index (χ2n) is 6.83. The van der Waals surface area contributed by atoms with Crippen molar-refractivity contribution in [1.82, 2.24) is 24.8 Å². The molecule has 1 fully saturated rings. The first-order valence-corrected chi connectivity index (χ1v) is 8.79. The molecule has 2 aromatic heterocycles. The van der Waals surface area contributed by atoms with Crippen molar-refractivity contribution in [3.8, 4) is 0 Å². The first-order chi connectivity index (χ1) is 12.1. The quantitative estimate of drug-likeness (QED) is 0.788. The lowest BCUT2D eigenvalue weighted by atomic mass is 10.0. The molecule has 0 amide bonds. The molecule has 1 aromatic carbocycles. The molecular formula is C19H22FN5. The number of rotatable bonds is 3. The zero-order chi connectivity index (χ0) is 17.4. The number of halogens is 1. The molecule has 4 rings (SSSR count).